The third kappa shape index (κ3) is 5.31. The standard InChI is InChI=1S/C24H19Cl2N3OS/c1-16-8-10-17(11-9-16)22-14-27-24(29(22)21-7-3-5-19(26)13-21)31-15-23(30)28-20-6-2-4-18(25)12-20/h2-14H,15H2,1H3,(H,28,30). The van der Waals surface area contributed by atoms with Gasteiger partial charge in [-0.1, -0.05) is 76.9 Å². The molecule has 0 unspecified atom stereocenters. The predicted molar refractivity (Wildman–Crippen MR) is 130 cm³/mol. The second kappa shape index (κ2) is 9.60. The Labute approximate surface area is 195 Å². The summed E-state index contributed by atoms with van der Waals surface area (Å²) in [6.45, 7) is 2.05. The van der Waals surface area contributed by atoms with Gasteiger partial charge in [0.1, 0.15) is 0 Å². The van der Waals surface area contributed by atoms with Gasteiger partial charge in [-0.05, 0) is 43.3 Å². The quantitative estimate of drug-likeness (QED) is 0.314. The van der Waals surface area contributed by atoms with Crippen LogP contribution in [0.15, 0.2) is 84.1 Å². The summed E-state index contributed by atoms with van der Waals surface area (Å²) >= 11 is 13.6. The van der Waals surface area contributed by atoms with Crippen LogP contribution >= 0.6 is 35.0 Å². The number of carbonyl (C=O) groups excluding carboxylic acids is 1. The minimum Gasteiger partial charge on any atom is -0.325 e. The van der Waals surface area contributed by atoms with Crippen molar-refractivity contribution in [1.82, 2.24) is 9.55 Å². The molecular weight excluding hydrogens is 449 g/mol. The van der Waals surface area contributed by atoms with Gasteiger partial charge in [-0.3, -0.25) is 9.36 Å². The molecule has 1 amide bonds. The van der Waals surface area contributed by atoms with E-state index in [2.05, 4.69) is 41.5 Å². The van der Waals surface area contributed by atoms with E-state index in [9.17, 15) is 4.79 Å². The molecular formula is C24H19Cl2N3OS. The fraction of sp³-hybridized carbons (Fsp3) is 0.0833. The number of carbonyl (C=O) groups is 1. The van der Waals surface area contributed by atoms with E-state index in [0.29, 0.717) is 20.9 Å². The van der Waals surface area contributed by atoms with E-state index in [-0.39, 0.29) is 11.7 Å². The van der Waals surface area contributed by atoms with E-state index in [1.165, 1.54) is 17.3 Å². The van der Waals surface area contributed by atoms with E-state index < -0.39 is 0 Å². The number of benzene rings is 3. The van der Waals surface area contributed by atoms with Gasteiger partial charge in [0, 0.05) is 27.0 Å². The molecule has 31 heavy (non-hydrogen) atoms. The number of amides is 1. The van der Waals surface area contributed by atoms with Crippen LogP contribution in [-0.4, -0.2) is 21.2 Å². The topological polar surface area (TPSA) is 46.9 Å². The molecule has 0 radical (unpaired) electrons. The number of anilines is 1. The maximum absolute atomic E-state index is 12.5. The summed E-state index contributed by atoms with van der Waals surface area (Å²) in [6.07, 6.45) is 1.82. The van der Waals surface area contributed by atoms with Crippen molar-refractivity contribution >= 4 is 46.6 Å². The number of imidazole rings is 1. The van der Waals surface area contributed by atoms with Crippen molar-refractivity contribution in [3.05, 3.63) is 94.6 Å². The van der Waals surface area contributed by atoms with Crippen LogP contribution in [0.3, 0.4) is 0 Å². The van der Waals surface area contributed by atoms with Crippen molar-refractivity contribution in [2.45, 2.75) is 12.1 Å². The Bertz CT molecular complexity index is 1220. The van der Waals surface area contributed by atoms with Gasteiger partial charge in [0.2, 0.25) is 5.91 Å². The van der Waals surface area contributed by atoms with E-state index in [1.807, 2.05) is 35.0 Å². The number of nitrogens with zero attached hydrogens (tertiary/aromatic N) is 2. The number of rotatable bonds is 6. The molecule has 0 fully saturated rings. The van der Waals surface area contributed by atoms with Gasteiger partial charge in [-0.25, -0.2) is 4.98 Å². The summed E-state index contributed by atoms with van der Waals surface area (Å²) < 4.78 is 2.02. The Morgan fingerprint density at radius 2 is 1.71 bits per heavy atom. The number of aryl methyl sites for hydroxylation is 1. The van der Waals surface area contributed by atoms with Crippen LogP contribution in [0.2, 0.25) is 10.0 Å². The van der Waals surface area contributed by atoms with Crippen molar-refractivity contribution in [1.29, 1.82) is 0 Å². The summed E-state index contributed by atoms with van der Waals surface area (Å²) in [5.74, 6) is 0.0713. The minimum absolute atomic E-state index is 0.134. The molecule has 4 rings (SSSR count). The Morgan fingerprint density at radius 3 is 2.42 bits per heavy atom. The van der Waals surface area contributed by atoms with Crippen LogP contribution in [0.25, 0.3) is 16.9 Å². The predicted octanol–water partition coefficient (Wildman–Crippen LogP) is 6.89. The second-order valence-corrected chi connectivity index (χ2v) is 8.77. The zero-order valence-electron chi connectivity index (χ0n) is 16.7. The summed E-state index contributed by atoms with van der Waals surface area (Å²) in [5, 5.41) is 4.78. The summed E-state index contributed by atoms with van der Waals surface area (Å²) in [6, 6.07) is 22.9. The van der Waals surface area contributed by atoms with E-state index >= 15 is 0 Å². The molecule has 0 aliphatic heterocycles. The first kappa shape index (κ1) is 21.5. The molecule has 4 aromatic rings. The average Bonchev–Trinajstić information content (AvgIpc) is 3.17. The molecule has 4 nitrogen and oxygen atoms in total. The first-order valence-electron chi connectivity index (χ1n) is 9.58. The maximum Gasteiger partial charge on any atom is 0.234 e. The first-order valence-corrected chi connectivity index (χ1v) is 11.3. The van der Waals surface area contributed by atoms with Crippen LogP contribution in [0.4, 0.5) is 5.69 Å². The number of hydrogen-bond acceptors (Lipinski definition) is 3. The highest BCUT2D eigenvalue weighted by atomic mass is 35.5. The van der Waals surface area contributed by atoms with Crippen LogP contribution < -0.4 is 5.32 Å². The lowest BCUT2D eigenvalue weighted by atomic mass is 10.1. The number of aromatic nitrogens is 2. The zero-order valence-corrected chi connectivity index (χ0v) is 19.0. The summed E-state index contributed by atoms with van der Waals surface area (Å²) in [4.78, 5) is 17.1. The molecule has 0 spiro atoms. The van der Waals surface area contributed by atoms with Gasteiger partial charge >= 0.3 is 0 Å². The van der Waals surface area contributed by atoms with Crippen molar-refractivity contribution in [3.8, 4) is 16.9 Å². The average molecular weight is 468 g/mol. The van der Waals surface area contributed by atoms with Crippen molar-refractivity contribution in [2.75, 3.05) is 11.1 Å². The Hall–Kier alpha value is -2.73. The van der Waals surface area contributed by atoms with Gasteiger partial charge in [0.15, 0.2) is 5.16 Å². The van der Waals surface area contributed by atoms with Gasteiger partial charge in [-0.15, -0.1) is 0 Å². The third-order valence-corrected chi connectivity index (χ3v) is 6.01. The molecule has 1 heterocycles. The molecule has 1 N–H and O–H groups in total. The largest absolute Gasteiger partial charge is 0.325 e. The number of halogens is 2. The lowest BCUT2D eigenvalue weighted by Crippen LogP contribution is -2.14. The molecule has 156 valence electrons. The number of nitrogens with one attached hydrogen (secondary N) is 1. The fourth-order valence-electron chi connectivity index (χ4n) is 3.12. The van der Waals surface area contributed by atoms with E-state index in [0.717, 1.165) is 16.9 Å². The molecule has 7 heteroatoms. The minimum atomic E-state index is -0.134. The second-order valence-electron chi connectivity index (χ2n) is 6.95. The Morgan fingerprint density at radius 1 is 1.00 bits per heavy atom. The van der Waals surface area contributed by atoms with Crippen LogP contribution in [0.1, 0.15) is 5.56 Å². The Balaban J connectivity index is 1.61. The smallest absolute Gasteiger partial charge is 0.234 e. The fourth-order valence-corrected chi connectivity index (χ4v) is 4.29. The lowest BCUT2D eigenvalue weighted by Gasteiger charge is -2.13. The van der Waals surface area contributed by atoms with Gasteiger partial charge in [-0.2, -0.15) is 0 Å². The monoisotopic (exact) mass is 467 g/mol. The highest BCUT2D eigenvalue weighted by Gasteiger charge is 2.16. The van der Waals surface area contributed by atoms with Crippen molar-refractivity contribution in [2.24, 2.45) is 0 Å². The zero-order chi connectivity index (χ0) is 21.8. The van der Waals surface area contributed by atoms with Crippen molar-refractivity contribution < 1.29 is 4.79 Å². The summed E-state index contributed by atoms with van der Waals surface area (Å²) in [5.41, 5.74) is 4.70. The maximum atomic E-state index is 12.5. The SMILES string of the molecule is Cc1ccc(-c2cnc(SCC(=O)Nc3cccc(Cl)c3)n2-c2cccc(Cl)c2)cc1. The number of thioether (sulfide) groups is 1. The van der Waals surface area contributed by atoms with Crippen molar-refractivity contribution in [3.63, 3.8) is 0 Å². The molecule has 0 aliphatic rings. The van der Waals surface area contributed by atoms with Crippen LogP contribution in [-0.2, 0) is 4.79 Å². The molecule has 0 saturated carbocycles. The highest BCUT2D eigenvalue weighted by molar-refractivity contribution is 7.99. The van der Waals surface area contributed by atoms with Crippen LogP contribution in [0.5, 0.6) is 0 Å². The van der Waals surface area contributed by atoms with Gasteiger partial charge in [0.05, 0.1) is 17.6 Å². The molecule has 0 saturated heterocycles. The number of hydrogen-bond donors (Lipinski definition) is 1. The molecule has 3 aromatic carbocycles. The molecule has 0 atom stereocenters. The van der Waals surface area contributed by atoms with Crippen LogP contribution in [0, 0.1) is 6.92 Å². The molecule has 1 aromatic heterocycles. The van der Waals surface area contributed by atoms with Gasteiger partial charge in [0.25, 0.3) is 0 Å². The normalized spacial score (nSPS) is 10.8. The Kier molecular flexibility index (Phi) is 6.66. The van der Waals surface area contributed by atoms with Gasteiger partial charge < -0.3 is 5.32 Å². The lowest BCUT2D eigenvalue weighted by molar-refractivity contribution is -0.113. The van der Waals surface area contributed by atoms with E-state index in [1.54, 1.807) is 24.3 Å². The summed E-state index contributed by atoms with van der Waals surface area (Å²) in [7, 11) is 0. The third-order valence-electron chi connectivity index (χ3n) is 4.58. The van der Waals surface area contributed by atoms with E-state index in [4.69, 9.17) is 23.2 Å². The molecule has 0 bridgehead atoms. The highest BCUT2D eigenvalue weighted by Crippen LogP contribution is 2.31. The molecule has 0 aliphatic carbocycles. The first-order chi connectivity index (χ1) is 15.0.